The SMILES string of the molecule is O=[N+]([O-])OC12CC3CC(CC(C3)C1)C2. The Labute approximate surface area is 82.7 Å². The highest BCUT2D eigenvalue weighted by molar-refractivity contribution is 5.02. The topological polar surface area (TPSA) is 52.4 Å². The summed E-state index contributed by atoms with van der Waals surface area (Å²) in [4.78, 5) is 15.4. The minimum Gasteiger partial charge on any atom is -0.307 e. The lowest BCUT2D eigenvalue weighted by molar-refractivity contribution is -0.785. The summed E-state index contributed by atoms with van der Waals surface area (Å²) in [7, 11) is 0. The summed E-state index contributed by atoms with van der Waals surface area (Å²) in [6, 6.07) is 0. The molecule has 0 saturated heterocycles. The molecule has 0 aliphatic heterocycles. The Morgan fingerprint density at radius 2 is 1.50 bits per heavy atom. The Kier molecular flexibility index (Phi) is 1.59. The Morgan fingerprint density at radius 1 is 1.07 bits per heavy atom. The van der Waals surface area contributed by atoms with E-state index in [1.807, 2.05) is 0 Å². The molecular formula is C10H15NO3. The largest absolute Gasteiger partial charge is 0.307 e. The van der Waals surface area contributed by atoms with E-state index in [9.17, 15) is 10.1 Å². The molecule has 0 N–H and O–H groups in total. The highest BCUT2D eigenvalue weighted by Gasteiger charge is 2.53. The van der Waals surface area contributed by atoms with Crippen LogP contribution in [0, 0.1) is 27.9 Å². The van der Waals surface area contributed by atoms with Crippen molar-refractivity contribution in [3.05, 3.63) is 10.1 Å². The van der Waals surface area contributed by atoms with Crippen molar-refractivity contribution >= 4 is 0 Å². The first kappa shape index (κ1) is 8.50. The molecule has 0 aromatic heterocycles. The van der Waals surface area contributed by atoms with Crippen LogP contribution in [0.15, 0.2) is 0 Å². The van der Waals surface area contributed by atoms with Crippen LogP contribution < -0.4 is 0 Å². The summed E-state index contributed by atoms with van der Waals surface area (Å²) in [5.74, 6) is 2.13. The van der Waals surface area contributed by atoms with E-state index >= 15 is 0 Å². The molecule has 0 spiro atoms. The molecule has 78 valence electrons. The second kappa shape index (κ2) is 2.61. The van der Waals surface area contributed by atoms with Gasteiger partial charge in [-0.05, 0) is 56.3 Å². The Hall–Kier alpha value is -0.800. The summed E-state index contributed by atoms with van der Waals surface area (Å²) >= 11 is 0. The van der Waals surface area contributed by atoms with Crippen LogP contribution in [-0.2, 0) is 4.84 Å². The number of hydrogen-bond acceptors (Lipinski definition) is 3. The van der Waals surface area contributed by atoms with E-state index < -0.39 is 5.09 Å². The van der Waals surface area contributed by atoms with Gasteiger partial charge in [0.2, 0.25) is 0 Å². The molecule has 4 saturated carbocycles. The van der Waals surface area contributed by atoms with Crippen molar-refractivity contribution in [1.82, 2.24) is 0 Å². The lowest BCUT2D eigenvalue weighted by atomic mass is 9.54. The average Bonchev–Trinajstić information content (AvgIpc) is 1.96. The predicted octanol–water partition coefficient (Wildman–Crippen LogP) is 2.16. The molecule has 4 rings (SSSR count). The van der Waals surface area contributed by atoms with Gasteiger partial charge in [-0.3, -0.25) is 0 Å². The van der Waals surface area contributed by atoms with Crippen LogP contribution in [0.5, 0.6) is 0 Å². The van der Waals surface area contributed by atoms with Crippen molar-refractivity contribution < 1.29 is 9.92 Å². The Balaban J connectivity index is 1.83. The highest BCUT2D eigenvalue weighted by atomic mass is 17.0. The molecule has 0 radical (unpaired) electrons. The zero-order valence-corrected chi connectivity index (χ0v) is 8.15. The predicted molar refractivity (Wildman–Crippen MR) is 49.0 cm³/mol. The molecule has 4 aliphatic carbocycles. The fourth-order valence-corrected chi connectivity index (χ4v) is 4.30. The molecule has 4 bridgehead atoms. The van der Waals surface area contributed by atoms with Crippen molar-refractivity contribution in [2.45, 2.75) is 44.1 Å². The molecule has 4 nitrogen and oxygen atoms in total. The highest BCUT2D eigenvalue weighted by Crippen LogP contribution is 2.57. The number of nitrogens with zero attached hydrogens (tertiary/aromatic N) is 1. The van der Waals surface area contributed by atoms with E-state index in [4.69, 9.17) is 4.84 Å². The van der Waals surface area contributed by atoms with Gasteiger partial charge >= 0.3 is 0 Å². The third kappa shape index (κ3) is 1.20. The molecule has 4 aliphatic rings. The van der Waals surface area contributed by atoms with Crippen LogP contribution in [-0.4, -0.2) is 10.7 Å². The zero-order valence-electron chi connectivity index (χ0n) is 8.15. The smallest absolute Gasteiger partial charge is 0.295 e. The van der Waals surface area contributed by atoms with Gasteiger partial charge in [0.05, 0.1) is 0 Å². The minimum absolute atomic E-state index is 0.377. The van der Waals surface area contributed by atoms with Gasteiger partial charge in [-0.25, -0.2) is 0 Å². The second-order valence-electron chi connectivity index (χ2n) is 5.42. The Bertz CT molecular complexity index is 241. The van der Waals surface area contributed by atoms with E-state index in [1.165, 1.54) is 19.3 Å². The van der Waals surface area contributed by atoms with Crippen molar-refractivity contribution in [1.29, 1.82) is 0 Å². The van der Waals surface area contributed by atoms with Crippen LogP contribution in [0.2, 0.25) is 0 Å². The van der Waals surface area contributed by atoms with Gasteiger partial charge in [-0.1, -0.05) is 0 Å². The maximum Gasteiger partial charge on any atom is 0.295 e. The van der Waals surface area contributed by atoms with Gasteiger partial charge < -0.3 is 4.84 Å². The zero-order chi connectivity index (χ0) is 9.76. The molecule has 0 amide bonds. The van der Waals surface area contributed by atoms with Crippen molar-refractivity contribution in [2.75, 3.05) is 0 Å². The summed E-state index contributed by atoms with van der Waals surface area (Å²) in [5, 5.41) is 9.89. The van der Waals surface area contributed by atoms with Gasteiger partial charge in [0.25, 0.3) is 5.09 Å². The fraction of sp³-hybridized carbons (Fsp3) is 1.00. The average molecular weight is 197 g/mol. The maximum atomic E-state index is 10.5. The molecule has 0 aromatic rings. The molecule has 4 fully saturated rings. The first-order valence-electron chi connectivity index (χ1n) is 5.49. The lowest BCUT2D eigenvalue weighted by Gasteiger charge is -2.54. The van der Waals surface area contributed by atoms with E-state index in [1.54, 1.807) is 0 Å². The molecule has 0 heterocycles. The molecule has 4 heteroatoms. The van der Waals surface area contributed by atoms with Gasteiger partial charge in [0, 0.05) is 0 Å². The summed E-state index contributed by atoms with van der Waals surface area (Å²) in [6.07, 6.45) is 6.67. The van der Waals surface area contributed by atoms with Gasteiger partial charge in [0.15, 0.2) is 0 Å². The first-order valence-corrected chi connectivity index (χ1v) is 5.49. The molecule has 14 heavy (non-hydrogen) atoms. The molecule has 0 unspecified atom stereocenters. The second-order valence-corrected chi connectivity index (χ2v) is 5.42. The van der Waals surface area contributed by atoms with Crippen LogP contribution in [0.1, 0.15) is 38.5 Å². The van der Waals surface area contributed by atoms with Crippen LogP contribution in [0.3, 0.4) is 0 Å². The van der Waals surface area contributed by atoms with Gasteiger partial charge in [0.1, 0.15) is 5.60 Å². The first-order chi connectivity index (χ1) is 6.65. The molecular weight excluding hydrogens is 182 g/mol. The summed E-state index contributed by atoms with van der Waals surface area (Å²) in [5.41, 5.74) is -0.377. The normalized spacial score (nSPS) is 49.3. The maximum absolute atomic E-state index is 10.5. The quantitative estimate of drug-likeness (QED) is 0.503. The lowest BCUT2D eigenvalue weighted by Crippen LogP contribution is -2.52. The number of rotatable bonds is 2. The molecule has 0 atom stereocenters. The van der Waals surface area contributed by atoms with Crippen LogP contribution in [0.25, 0.3) is 0 Å². The summed E-state index contributed by atoms with van der Waals surface area (Å²) < 4.78 is 0. The van der Waals surface area contributed by atoms with Gasteiger partial charge in [-0.2, -0.15) is 0 Å². The van der Waals surface area contributed by atoms with E-state index in [0.717, 1.165) is 19.3 Å². The summed E-state index contributed by atoms with van der Waals surface area (Å²) in [6.45, 7) is 0. The molecule has 0 aromatic carbocycles. The third-order valence-electron chi connectivity index (χ3n) is 4.25. The number of hydrogen-bond donors (Lipinski definition) is 0. The van der Waals surface area contributed by atoms with Crippen LogP contribution >= 0.6 is 0 Å². The third-order valence-corrected chi connectivity index (χ3v) is 4.25. The van der Waals surface area contributed by atoms with Crippen molar-refractivity contribution in [3.63, 3.8) is 0 Å². The van der Waals surface area contributed by atoms with E-state index in [-0.39, 0.29) is 5.60 Å². The van der Waals surface area contributed by atoms with E-state index in [2.05, 4.69) is 0 Å². The van der Waals surface area contributed by atoms with E-state index in [0.29, 0.717) is 17.8 Å². The van der Waals surface area contributed by atoms with Crippen molar-refractivity contribution in [2.24, 2.45) is 17.8 Å². The van der Waals surface area contributed by atoms with Gasteiger partial charge in [-0.15, -0.1) is 10.1 Å². The Morgan fingerprint density at radius 3 is 1.86 bits per heavy atom. The minimum atomic E-state index is -0.576. The van der Waals surface area contributed by atoms with Crippen molar-refractivity contribution in [3.8, 4) is 0 Å². The fourth-order valence-electron chi connectivity index (χ4n) is 4.30. The monoisotopic (exact) mass is 197 g/mol. The standard InChI is InChI=1S/C10H15NO3/c12-11(13)14-10-4-7-1-8(5-10)3-9(2-7)6-10/h7-9H,1-6H2. The van der Waals surface area contributed by atoms with Crippen LogP contribution in [0.4, 0.5) is 0 Å².